The van der Waals surface area contributed by atoms with Crippen LogP contribution in [0.5, 0.6) is 0 Å². The molecule has 1 fully saturated rings. The molecule has 0 aromatic heterocycles. The number of likely N-dealkylation sites (N-methyl/N-ethyl adjacent to an activating group) is 1. The molecule has 2 nitrogen and oxygen atoms in total. The Balaban J connectivity index is 0.00000137. The van der Waals surface area contributed by atoms with Gasteiger partial charge < -0.3 is 10.1 Å². The van der Waals surface area contributed by atoms with Gasteiger partial charge in [-0.05, 0) is 51.8 Å². The summed E-state index contributed by atoms with van der Waals surface area (Å²) in [7, 11) is 2.02. The van der Waals surface area contributed by atoms with Crippen molar-refractivity contribution in [2.24, 2.45) is 0 Å². The third kappa shape index (κ3) is 4.34. The van der Waals surface area contributed by atoms with Crippen molar-refractivity contribution in [3.8, 4) is 0 Å². The van der Waals surface area contributed by atoms with Crippen LogP contribution in [0.25, 0.3) is 0 Å². The molecule has 1 rings (SSSR count). The fraction of sp³-hybridized carbons (Fsp3) is 0.625. The summed E-state index contributed by atoms with van der Waals surface area (Å²) < 4.78 is 5.40. The predicted octanol–water partition coefficient (Wildman–Crippen LogP) is 4.21. The molecule has 0 aromatic rings. The van der Waals surface area contributed by atoms with Gasteiger partial charge in [0.05, 0.1) is 12.4 Å². The summed E-state index contributed by atoms with van der Waals surface area (Å²) in [6.07, 6.45) is 9.78. The van der Waals surface area contributed by atoms with Crippen molar-refractivity contribution in [1.82, 2.24) is 5.32 Å². The molecule has 0 bridgehead atoms. The van der Waals surface area contributed by atoms with Crippen LogP contribution in [0.15, 0.2) is 36.1 Å². The van der Waals surface area contributed by atoms with Gasteiger partial charge in [-0.25, -0.2) is 0 Å². The van der Waals surface area contributed by atoms with Gasteiger partial charge >= 0.3 is 0 Å². The molecule has 1 aliphatic carbocycles. The summed E-state index contributed by atoms with van der Waals surface area (Å²) in [6, 6.07) is 0. The van der Waals surface area contributed by atoms with E-state index < -0.39 is 0 Å². The molecule has 0 aromatic carbocycles. The Hall–Kier alpha value is -1.02. The number of rotatable bonds is 6. The summed E-state index contributed by atoms with van der Waals surface area (Å²) in [5.41, 5.74) is 1.42. The van der Waals surface area contributed by atoms with E-state index in [4.69, 9.17) is 4.74 Å². The molecule has 0 spiro atoms. The predicted molar refractivity (Wildman–Crippen MR) is 80.7 cm³/mol. The molecule has 0 heterocycles. The lowest BCUT2D eigenvalue weighted by atomic mass is 9.71. The highest BCUT2D eigenvalue weighted by Crippen LogP contribution is 2.38. The molecule has 0 radical (unpaired) electrons. The summed E-state index contributed by atoms with van der Waals surface area (Å²) >= 11 is 0. The van der Waals surface area contributed by atoms with Gasteiger partial charge in [0.25, 0.3) is 0 Å². The summed E-state index contributed by atoms with van der Waals surface area (Å²) in [5.74, 6) is 0.951. The molecule has 0 unspecified atom stereocenters. The molecule has 1 aliphatic rings. The van der Waals surface area contributed by atoms with Crippen molar-refractivity contribution in [2.75, 3.05) is 13.7 Å². The number of hydrogen-bond donors (Lipinski definition) is 1. The van der Waals surface area contributed by atoms with E-state index in [0.717, 1.165) is 12.4 Å². The average Bonchev–Trinajstić information content (AvgIpc) is 2.35. The van der Waals surface area contributed by atoms with Crippen LogP contribution in [0, 0.1) is 0 Å². The van der Waals surface area contributed by atoms with Crippen LogP contribution in [0.3, 0.4) is 0 Å². The van der Waals surface area contributed by atoms with Crippen LogP contribution in [0.1, 0.15) is 47.0 Å². The molecular formula is C16H29NO. The highest BCUT2D eigenvalue weighted by Gasteiger charge is 2.37. The maximum Gasteiger partial charge on any atom is 0.0928 e. The van der Waals surface area contributed by atoms with E-state index in [1.807, 2.05) is 46.9 Å². The van der Waals surface area contributed by atoms with E-state index in [0.29, 0.717) is 0 Å². The van der Waals surface area contributed by atoms with Crippen LogP contribution in [0.4, 0.5) is 0 Å². The molecule has 18 heavy (non-hydrogen) atoms. The van der Waals surface area contributed by atoms with Crippen molar-refractivity contribution < 1.29 is 4.74 Å². The molecule has 0 aliphatic heterocycles. The Morgan fingerprint density at radius 2 is 1.94 bits per heavy atom. The van der Waals surface area contributed by atoms with Crippen LogP contribution < -0.4 is 5.32 Å². The summed E-state index contributed by atoms with van der Waals surface area (Å²) in [5, 5.41) is 3.41. The monoisotopic (exact) mass is 251 g/mol. The molecular weight excluding hydrogens is 222 g/mol. The van der Waals surface area contributed by atoms with E-state index in [9.17, 15) is 0 Å². The molecule has 1 saturated carbocycles. The zero-order chi connectivity index (χ0) is 14.0. The number of nitrogens with one attached hydrogen (secondary N) is 1. The minimum Gasteiger partial charge on any atom is -0.499 e. The standard InChI is InChI=1S/C14H23NO.C2H6/c1-5-13(9-8-12(3)16-6-2)14(15-4)10-7-11-14;1-2/h5,8-9,15H,1,6-7,10-11H2,2-4H3;1-2H3/b12-8+,13-9+;. The van der Waals surface area contributed by atoms with Gasteiger partial charge in [0.1, 0.15) is 0 Å². The van der Waals surface area contributed by atoms with Crippen LogP contribution in [0.2, 0.25) is 0 Å². The van der Waals surface area contributed by atoms with Gasteiger partial charge in [-0.3, -0.25) is 0 Å². The lowest BCUT2D eigenvalue weighted by Crippen LogP contribution is -2.50. The molecule has 0 saturated heterocycles. The van der Waals surface area contributed by atoms with Gasteiger partial charge in [0.15, 0.2) is 0 Å². The van der Waals surface area contributed by atoms with E-state index in [1.165, 1.54) is 24.8 Å². The normalized spacial score (nSPS) is 18.3. The number of hydrogen-bond acceptors (Lipinski definition) is 2. The molecule has 0 amide bonds. The molecule has 2 heteroatoms. The van der Waals surface area contributed by atoms with E-state index in [2.05, 4.69) is 18.0 Å². The lowest BCUT2D eigenvalue weighted by Gasteiger charge is -2.43. The molecule has 1 N–H and O–H groups in total. The fourth-order valence-corrected chi connectivity index (χ4v) is 2.12. The summed E-state index contributed by atoms with van der Waals surface area (Å²) in [4.78, 5) is 0. The minimum absolute atomic E-state index is 0.157. The zero-order valence-corrected chi connectivity index (χ0v) is 12.7. The fourth-order valence-electron chi connectivity index (χ4n) is 2.12. The quantitative estimate of drug-likeness (QED) is 0.564. The zero-order valence-electron chi connectivity index (χ0n) is 12.7. The first-order valence-electron chi connectivity index (χ1n) is 7.01. The Labute approximate surface area is 113 Å². The van der Waals surface area contributed by atoms with E-state index in [1.54, 1.807) is 0 Å². The Morgan fingerprint density at radius 1 is 1.33 bits per heavy atom. The Kier molecular flexibility index (Phi) is 8.47. The van der Waals surface area contributed by atoms with Crippen LogP contribution in [-0.2, 0) is 4.74 Å². The van der Waals surface area contributed by atoms with E-state index >= 15 is 0 Å². The van der Waals surface area contributed by atoms with Crippen molar-refractivity contribution in [2.45, 2.75) is 52.5 Å². The van der Waals surface area contributed by atoms with Crippen molar-refractivity contribution in [3.63, 3.8) is 0 Å². The van der Waals surface area contributed by atoms with Crippen molar-refractivity contribution >= 4 is 0 Å². The van der Waals surface area contributed by atoms with Crippen molar-refractivity contribution in [3.05, 3.63) is 36.1 Å². The van der Waals surface area contributed by atoms with Gasteiger partial charge in [-0.1, -0.05) is 32.6 Å². The van der Waals surface area contributed by atoms with Crippen LogP contribution in [-0.4, -0.2) is 19.2 Å². The van der Waals surface area contributed by atoms with Crippen molar-refractivity contribution in [1.29, 1.82) is 0 Å². The van der Waals surface area contributed by atoms with Gasteiger partial charge in [0, 0.05) is 5.54 Å². The maximum atomic E-state index is 5.40. The first-order chi connectivity index (χ1) is 8.68. The third-order valence-electron chi connectivity index (χ3n) is 3.33. The largest absolute Gasteiger partial charge is 0.499 e. The third-order valence-corrected chi connectivity index (χ3v) is 3.33. The highest BCUT2D eigenvalue weighted by molar-refractivity contribution is 5.35. The smallest absolute Gasteiger partial charge is 0.0928 e. The summed E-state index contributed by atoms with van der Waals surface area (Å²) in [6.45, 7) is 12.6. The first kappa shape index (κ1) is 17.0. The van der Waals surface area contributed by atoms with Gasteiger partial charge in [0.2, 0.25) is 0 Å². The second-order valence-corrected chi connectivity index (χ2v) is 4.22. The number of ether oxygens (including phenoxy) is 1. The number of allylic oxidation sites excluding steroid dienone is 3. The maximum absolute atomic E-state index is 5.40. The average molecular weight is 251 g/mol. The van der Waals surface area contributed by atoms with Gasteiger partial charge in [-0.15, -0.1) is 0 Å². The van der Waals surface area contributed by atoms with Gasteiger partial charge in [-0.2, -0.15) is 0 Å². The molecule has 0 atom stereocenters. The highest BCUT2D eigenvalue weighted by atomic mass is 16.5. The Morgan fingerprint density at radius 3 is 2.28 bits per heavy atom. The van der Waals surface area contributed by atoms with E-state index in [-0.39, 0.29) is 5.54 Å². The topological polar surface area (TPSA) is 21.3 Å². The first-order valence-corrected chi connectivity index (χ1v) is 7.01. The SMILES string of the molecule is C=C/C(=C\C=C(/C)OCC)C1(NC)CCC1.CC. The second kappa shape index (κ2) is 8.98. The lowest BCUT2D eigenvalue weighted by molar-refractivity contribution is 0.231. The second-order valence-electron chi connectivity index (χ2n) is 4.22. The Bertz CT molecular complexity index is 293. The van der Waals surface area contributed by atoms with Crippen LogP contribution >= 0.6 is 0 Å². The minimum atomic E-state index is 0.157. The molecule has 104 valence electrons.